The molecule has 0 aromatic rings. The highest BCUT2D eigenvalue weighted by Gasteiger charge is 2.37. The van der Waals surface area contributed by atoms with Crippen LogP contribution in [0, 0.1) is 0 Å². The summed E-state index contributed by atoms with van der Waals surface area (Å²) in [5.74, 6) is 0. The van der Waals surface area contributed by atoms with Crippen LogP contribution in [0.15, 0.2) is 9.98 Å². The lowest BCUT2D eigenvalue weighted by Crippen LogP contribution is -2.63. The van der Waals surface area contributed by atoms with Crippen LogP contribution >= 0.6 is 0 Å². The van der Waals surface area contributed by atoms with Crippen LogP contribution in [0.1, 0.15) is 40.5 Å². The lowest BCUT2D eigenvalue weighted by molar-refractivity contribution is 0.113. The molecule has 0 radical (unpaired) electrons. The Bertz CT molecular complexity index is 316. The van der Waals surface area contributed by atoms with E-state index in [2.05, 4.69) is 48.4 Å². The number of hydrogen-bond donors (Lipinski definition) is 2. The standard InChI is InChI=1S/C12H23N5/c1-11(2)5-10(6-12(3,4)16-11)15-17-8-13-7-14-9-17/h7-8,10,15-16H,5-6,9H2,1-4H3. The summed E-state index contributed by atoms with van der Waals surface area (Å²) < 4.78 is 0. The topological polar surface area (TPSA) is 52.0 Å². The van der Waals surface area contributed by atoms with Gasteiger partial charge in [0.2, 0.25) is 0 Å². The summed E-state index contributed by atoms with van der Waals surface area (Å²) in [5.41, 5.74) is 3.82. The summed E-state index contributed by atoms with van der Waals surface area (Å²) in [6.07, 6.45) is 5.60. The summed E-state index contributed by atoms with van der Waals surface area (Å²) in [6, 6.07) is 0.459. The van der Waals surface area contributed by atoms with Gasteiger partial charge in [0.1, 0.15) is 19.3 Å². The predicted molar refractivity (Wildman–Crippen MR) is 71.1 cm³/mol. The van der Waals surface area contributed by atoms with Crippen molar-refractivity contribution in [2.75, 3.05) is 6.67 Å². The molecule has 0 saturated carbocycles. The number of hydrogen-bond acceptors (Lipinski definition) is 5. The van der Waals surface area contributed by atoms with Gasteiger partial charge in [0, 0.05) is 17.1 Å². The zero-order chi connectivity index (χ0) is 12.5. The third-order valence-electron chi connectivity index (χ3n) is 3.13. The molecule has 2 aliphatic heterocycles. The fourth-order valence-electron chi connectivity index (χ4n) is 3.04. The number of piperidine rings is 1. The van der Waals surface area contributed by atoms with Gasteiger partial charge >= 0.3 is 0 Å². The zero-order valence-corrected chi connectivity index (χ0v) is 11.2. The average Bonchev–Trinajstić information content (AvgIpc) is 2.13. The van der Waals surface area contributed by atoms with Gasteiger partial charge in [0.15, 0.2) is 0 Å². The highest BCUT2D eigenvalue weighted by atomic mass is 15.5. The van der Waals surface area contributed by atoms with E-state index in [0.29, 0.717) is 12.7 Å². The monoisotopic (exact) mass is 237 g/mol. The zero-order valence-electron chi connectivity index (χ0n) is 11.2. The molecule has 0 aromatic heterocycles. The van der Waals surface area contributed by atoms with E-state index in [9.17, 15) is 0 Å². The molecular formula is C12H23N5. The molecule has 5 heteroatoms. The Balaban J connectivity index is 1.96. The molecule has 0 atom stereocenters. The summed E-state index contributed by atoms with van der Waals surface area (Å²) in [6.45, 7) is 9.67. The lowest BCUT2D eigenvalue weighted by atomic mass is 9.80. The van der Waals surface area contributed by atoms with Gasteiger partial charge in [0.25, 0.3) is 0 Å². The van der Waals surface area contributed by atoms with Crippen molar-refractivity contribution in [3.05, 3.63) is 0 Å². The molecule has 0 spiro atoms. The van der Waals surface area contributed by atoms with Crippen LogP contribution in [0.25, 0.3) is 0 Å². The highest BCUT2D eigenvalue weighted by Crippen LogP contribution is 2.28. The number of rotatable bonds is 2. The van der Waals surface area contributed by atoms with Crippen molar-refractivity contribution in [3.63, 3.8) is 0 Å². The maximum atomic E-state index is 4.12. The van der Waals surface area contributed by atoms with Crippen LogP contribution in [0.5, 0.6) is 0 Å². The van der Waals surface area contributed by atoms with E-state index >= 15 is 0 Å². The molecule has 0 unspecified atom stereocenters. The third-order valence-corrected chi connectivity index (χ3v) is 3.13. The molecule has 0 amide bonds. The van der Waals surface area contributed by atoms with Gasteiger partial charge in [-0.3, -0.25) is 10.0 Å². The summed E-state index contributed by atoms with van der Waals surface area (Å²) in [5, 5.41) is 5.64. The molecule has 2 heterocycles. The fraction of sp³-hybridized carbons (Fsp3) is 0.833. The molecule has 2 rings (SSSR count). The van der Waals surface area contributed by atoms with Gasteiger partial charge in [-0.15, -0.1) is 0 Å². The molecular weight excluding hydrogens is 214 g/mol. The maximum absolute atomic E-state index is 4.12. The Morgan fingerprint density at radius 1 is 1.24 bits per heavy atom. The fourth-order valence-corrected chi connectivity index (χ4v) is 3.04. The molecule has 0 bridgehead atoms. The van der Waals surface area contributed by atoms with Gasteiger partial charge in [-0.25, -0.2) is 10.4 Å². The molecule has 0 aromatic carbocycles. The SMILES string of the molecule is CC1(C)CC(NN2C=NC=NC2)CC(C)(C)N1. The van der Waals surface area contributed by atoms with Crippen molar-refractivity contribution < 1.29 is 0 Å². The van der Waals surface area contributed by atoms with Gasteiger partial charge in [0.05, 0.1) is 0 Å². The van der Waals surface area contributed by atoms with E-state index in [1.807, 2.05) is 5.01 Å². The number of nitrogens with one attached hydrogen (secondary N) is 2. The Hall–Kier alpha value is -0.940. The molecule has 17 heavy (non-hydrogen) atoms. The second kappa shape index (κ2) is 4.38. The van der Waals surface area contributed by atoms with E-state index in [-0.39, 0.29) is 11.1 Å². The van der Waals surface area contributed by atoms with E-state index < -0.39 is 0 Å². The number of nitrogens with zero attached hydrogens (tertiary/aromatic N) is 3. The minimum atomic E-state index is 0.162. The first-order chi connectivity index (χ1) is 7.86. The number of hydrazine groups is 1. The normalized spacial score (nSPS) is 27.4. The quantitative estimate of drug-likeness (QED) is 0.757. The van der Waals surface area contributed by atoms with Gasteiger partial charge in [-0.1, -0.05) is 0 Å². The minimum absolute atomic E-state index is 0.162. The van der Waals surface area contributed by atoms with Gasteiger partial charge < -0.3 is 5.32 Å². The van der Waals surface area contributed by atoms with Crippen molar-refractivity contribution in [1.82, 2.24) is 15.8 Å². The van der Waals surface area contributed by atoms with Crippen molar-refractivity contribution in [3.8, 4) is 0 Å². The molecule has 2 aliphatic rings. The average molecular weight is 237 g/mol. The molecule has 1 fully saturated rings. The summed E-state index contributed by atoms with van der Waals surface area (Å²) in [4.78, 5) is 8.15. The van der Waals surface area contributed by atoms with Gasteiger partial charge in [-0.05, 0) is 40.5 Å². The summed E-state index contributed by atoms with van der Waals surface area (Å²) >= 11 is 0. The second-order valence-corrected chi connectivity index (χ2v) is 6.30. The predicted octanol–water partition coefficient (Wildman–Crippen LogP) is 1.13. The Morgan fingerprint density at radius 3 is 2.41 bits per heavy atom. The van der Waals surface area contributed by atoms with Gasteiger partial charge in [-0.2, -0.15) is 0 Å². The molecule has 1 saturated heterocycles. The minimum Gasteiger partial charge on any atom is -0.307 e. The van der Waals surface area contributed by atoms with E-state index in [1.54, 1.807) is 12.7 Å². The first kappa shape index (κ1) is 12.5. The summed E-state index contributed by atoms with van der Waals surface area (Å²) in [7, 11) is 0. The number of aliphatic imine (C=N–C) groups is 2. The first-order valence-electron chi connectivity index (χ1n) is 6.20. The van der Waals surface area contributed by atoms with Crippen molar-refractivity contribution >= 4 is 12.7 Å². The first-order valence-corrected chi connectivity index (χ1v) is 6.20. The van der Waals surface area contributed by atoms with Crippen molar-refractivity contribution in [1.29, 1.82) is 0 Å². The van der Waals surface area contributed by atoms with Crippen molar-refractivity contribution in [2.45, 2.75) is 57.7 Å². The lowest BCUT2D eigenvalue weighted by Gasteiger charge is -2.47. The van der Waals surface area contributed by atoms with E-state index in [1.165, 1.54) is 0 Å². The van der Waals surface area contributed by atoms with Crippen LogP contribution in [0.3, 0.4) is 0 Å². The molecule has 5 nitrogen and oxygen atoms in total. The Kier molecular flexibility index (Phi) is 3.23. The van der Waals surface area contributed by atoms with E-state index in [4.69, 9.17) is 0 Å². The van der Waals surface area contributed by atoms with Crippen LogP contribution < -0.4 is 10.7 Å². The smallest absolute Gasteiger partial charge is 0.127 e. The van der Waals surface area contributed by atoms with Crippen LogP contribution in [0.4, 0.5) is 0 Å². The van der Waals surface area contributed by atoms with Crippen LogP contribution in [-0.4, -0.2) is 41.5 Å². The molecule has 0 aliphatic carbocycles. The van der Waals surface area contributed by atoms with E-state index in [0.717, 1.165) is 12.8 Å². The molecule has 2 N–H and O–H groups in total. The second-order valence-electron chi connectivity index (χ2n) is 6.30. The van der Waals surface area contributed by atoms with Crippen molar-refractivity contribution in [2.24, 2.45) is 9.98 Å². The van der Waals surface area contributed by atoms with Crippen LogP contribution in [-0.2, 0) is 0 Å². The largest absolute Gasteiger partial charge is 0.307 e. The van der Waals surface area contributed by atoms with Crippen LogP contribution in [0.2, 0.25) is 0 Å². The maximum Gasteiger partial charge on any atom is 0.127 e. The third kappa shape index (κ3) is 3.51. The highest BCUT2D eigenvalue weighted by molar-refractivity contribution is 5.72. The Morgan fingerprint density at radius 2 is 1.88 bits per heavy atom. The Labute approximate surface area is 103 Å². The molecule has 96 valence electrons.